The summed E-state index contributed by atoms with van der Waals surface area (Å²) in [5.41, 5.74) is 6.96. The lowest BCUT2D eigenvalue weighted by molar-refractivity contribution is 0.0951. The summed E-state index contributed by atoms with van der Waals surface area (Å²) in [5, 5.41) is 6.73. The molecule has 7 nitrogen and oxygen atoms in total. The minimum atomic E-state index is -0.279. The zero-order valence-electron chi connectivity index (χ0n) is 12.2. The third-order valence-electron chi connectivity index (χ3n) is 3.16. The predicted molar refractivity (Wildman–Crippen MR) is 78.3 cm³/mol. The van der Waals surface area contributed by atoms with Crippen LogP contribution in [0.2, 0.25) is 0 Å². The van der Waals surface area contributed by atoms with Crippen molar-refractivity contribution in [1.29, 1.82) is 0 Å². The molecule has 1 amide bonds. The second kappa shape index (κ2) is 6.17. The Labute approximate surface area is 122 Å². The fourth-order valence-corrected chi connectivity index (χ4v) is 1.89. The van der Waals surface area contributed by atoms with Gasteiger partial charge in [0.15, 0.2) is 0 Å². The van der Waals surface area contributed by atoms with Gasteiger partial charge in [-0.05, 0) is 12.1 Å². The Balaban J connectivity index is 2.09. The molecular formula is C14H18N4O3. The number of nitrogens with zero attached hydrogens (tertiary/aromatic N) is 2. The third kappa shape index (κ3) is 3.07. The Kier molecular flexibility index (Phi) is 4.32. The first-order chi connectivity index (χ1) is 10.1. The normalized spacial score (nSPS) is 10.2. The number of benzene rings is 1. The number of ether oxygens (including phenoxy) is 2. The van der Waals surface area contributed by atoms with Crippen molar-refractivity contribution in [2.75, 3.05) is 20.0 Å². The maximum atomic E-state index is 12.1. The van der Waals surface area contributed by atoms with Gasteiger partial charge in [0.2, 0.25) is 0 Å². The zero-order chi connectivity index (χ0) is 15.4. The van der Waals surface area contributed by atoms with Gasteiger partial charge in [-0.25, -0.2) is 0 Å². The first-order valence-electron chi connectivity index (χ1n) is 6.33. The summed E-state index contributed by atoms with van der Waals surface area (Å²) < 4.78 is 11.9. The largest absolute Gasteiger partial charge is 0.497 e. The van der Waals surface area contributed by atoms with E-state index in [1.807, 2.05) is 12.1 Å². The summed E-state index contributed by atoms with van der Waals surface area (Å²) >= 11 is 0. The van der Waals surface area contributed by atoms with Gasteiger partial charge in [0.25, 0.3) is 5.91 Å². The van der Waals surface area contributed by atoms with Crippen LogP contribution < -0.4 is 20.5 Å². The Hall–Kier alpha value is -2.70. The number of anilines is 1. The van der Waals surface area contributed by atoms with E-state index < -0.39 is 0 Å². The van der Waals surface area contributed by atoms with E-state index in [2.05, 4.69) is 10.4 Å². The van der Waals surface area contributed by atoms with Gasteiger partial charge >= 0.3 is 0 Å². The van der Waals surface area contributed by atoms with Crippen molar-refractivity contribution in [3.8, 4) is 11.5 Å². The molecule has 1 aromatic heterocycles. The van der Waals surface area contributed by atoms with Crippen LogP contribution in [0.3, 0.4) is 0 Å². The molecule has 1 aromatic carbocycles. The number of hydrogen-bond acceptors (Lipinski definition) is 5. The Bertz CT molecular complexity index is 652. The molecule has 1 heterocycles. The maximum Gasteiger partial charge on any atom is 0.256 e. The number of nitrogens with one attached hydrogen (secondary N) is 1. The molecule has 0 atom stereocenters. The highest BCUT2D eigenvalue weighted by atomic mass is 16.5. The number of methoxy groups -OCH3 is 2. The van der Waals surface area contributed by atoms with Crippen molar-refractivity contribution in [3.05, 3.63) is 35.5 Å². The molecule has 2 aromatic rings. The molecule has 21 heavy (non-hydrogen) atoms. The first-order valence-corrected chi connectivity index (χ1v) is 6.33. The molecular weight excluding hydrogens is 272 g/mol. The summed E-state index contributed by atoms with van der Waals surface area (Å²) in [6.07, 6.45) is 1.44. The van der Waals surface area contributed by atoms with E-state index >= 15 is 0 Å². The molecule has 0 aliphatic heterocycles. The van der Waals surface area contributed by atoms with E-state index in [0.29, 0.717) is 29.4 Å². The van der Waals surface area contributed by atoms with Crippen molar-refractivity contribution in [3.63, 3.8) is 0 Å². The number of rotatable bonds is 5. The van der Waals surface area contributed by atoms with Crippen LogP contribution in [0.15, 0.2) is 24.4 Å². The maximum absolute atomic E-state index is 12.1. The third-order valence-corrected chi connectivity index (χ3v) is 3.16. The first kappa shape index (κ1) is 14.7. The minimum Gasteiger partial charge on any atom is -0.497 e. The second-order valence-electron chi connectivity index (χ2n) is 4.43. The van der Waals surface area contributed by atoms with Crippen molar-refractivity contribution >= 4 is 11.7 Å². The summed E-state index contributed by atoms with van der Waals surface area (Å²) in [5.74, 6) is 1.39. The van der Waals surface area contributed by atoms with Crippen LogP contribution in [0.1, 0.15) is 15.9 Å². The minimum absolute atomic E-state index is 0.279. The van der Waals surface area contributed by atoms with Crippen LogP contribution in [-0.2, 0) is 13.6 Å². The number of aromatic nitrogens is 2. The van der Waals surface area contributed by atoms with Crippen LogP contribution in [-0.4, -0.2) is 29.9 Å². The average molecular weight is 290 g/mol. The molecule has 0 unspecified atom stereocenters. The molecule has 112 valence electrons. The van der Waals surface area contributed by atoms with Crippen molar-refractivity contribution in [2.45, 2.75) is 6.54 Å². The predicted octanol–water partition coefficient (Wildman–Crippen LogP) is 0.949. The highest BCUT2D eigenvalue weighted by Gasteiger charge is 2.14. The topological polar surface area (TPSA) is 91.4 Å². The van der Waals surface area contributed by atoms with E-state index in [1.54, 1.807) is 27.3 Å². The van der Waals surface area contributed by atoms with Gasteiger partial charge in [0.05, 0.1) is 20.4 Å². The molecule has 0 aliphatic rings. The fourth-order valence-electron chi connectivity index (χ4n) is 1.89. The summed E-state index contributed by atoms with van der Waals surface area (Å²) in [7, 11) is 4.83. The smallest absolute Gasteiger partial charge is 0.256 e. The highest BCUT2D eigenvalue weighted by Crippen LogP contribution is 2.24. The average Bonchev–Trinajstić information content (AvgIpc) is 2.84. The van der Waals surface area contributed by atoms with Crippen molar-refractivity contribution in [1.82, 2.24) is 15.1 Å². The monoisotopic (exact) mass is 290 g/mol. The quantitative estimate of drug-likeness (QED) is 0.855. The summed E-state index contributed by atoms with van der Waals surface area (Å²) in [6.45, 7) is 0.320. The van der Waals surface area contributed by atoms with E-state index in [1.165, 1.54) is 10.9 Å². The number of carbonyl (C=O) groups excluding carboxylic acids is 1. The van der Waals surface area contributed by atoms with E-state index in [0.717, 1.165) is 5.56 Å². The molecule has 3 N–H and O–H groups in total. The van der Waals surface area contributed by atoms with E-state index in [4.69, 9.17) is 15.2 Å². The molecule has 0 fully saturated rings. The number of nitrogen functional groups attached to an aromatic ring is 1. The molecule has 0 spiro atoms. The van der Waals surface area contributed by atoms with Gasteiger partial charge in [-0.2, -0.15) is 5.10 Å². The summed E-state index contributed by atoms with van der Waals surface area (Å²) in [4.78, 5) is 12.1. The van der Waals surface area contributed by atoms with Gasteiger partial charge in [-0.1, -0.05) is 0 Å². The lowest BCUT2D eigenvalue weighted by atomic mass is 10.2. The van der Waals surface area contributed by atoms with Crippen LogP contribution >= 0.6 is 0 Å². The van der Waals surface area contributed by atoms with E-state index in [-0.39, 0.29) is 5.91 Å². The second-order valence-corrected chi connectivity index (χ2v) is 4.43. The van der Waals surface area contributed by atoms with Crippen LogP contribution in [0.5, 0.6) is 11.5 Å². The molecule has 0 bridgehead atoms. The van der Waals surface area contributed by atoms with Crippen LogP contribution in [0, 0.1) is 0 Å². The van der Waals surface area contributed by atoms with Crippen molar-refractivity contribution in [2.24, 2.45) is 7.05 Å². The van der Waals surface area contributed by atoms with Gasteiger partial charge < -0.3 is 20.5 Å². The van der Waals surface area contributed by atoms with Gasteiger partial charge in [0.1, 0.15) is 22.9 Å². The van der Waals surface area contributed by atoms with Crippen LogP contribution in [0.4, 0.5) is 5.82 Å². The fraction of sp³-hybridized carbons (Fsp3) is 0.286. The van der Waals surface area contributed by atoms with Gasteiger partial charge in [-0.15, -0.1) is 0 Å². The molecule has 7 heteroatoms. The number of nitrogens with two attached hydrogens (primary N) is 1. The van der Waals surface area contributed by atoms with Crippen LogP contribution in [0.25, 0.3) is 0 Å². The standard InChI is InChI=1S/C14H18N4O3/c1-18-13(15)11(8-17-18)14(19)16-7-9-4-5-10(20-2)6-12(9)21-3/h4-6,8H,7,15H2,1-3H3,(H,16,19). The van der Waals surface area contributed by atoms with Gasteiger partial charge in [-0.3, -0.25) is 9.48 Å². The lowest BCUT2D eigenvalue weighted by Crippen LogP contribution is -2.23. The van der Waals surface area contributed by atoms with E-state index in [9.17, 15) is 4.79 Å². The number of amides is 1. The molecule has 0 saturated carbocycles. The zero-order valence-corrected chi connectivity index (χ0v) is 12.2. The number of aryl methyl sites for hydroxylation is 1. The lowest BCUT2D eigenvalue weighted by Gasteiger charge is -2.11. The summed E-state index contributed by atoms with van der Waals surface area (Å²) in [6, 6.07) is 5.41. The molecule has 0 radical (unpaired) electrons. The molecule has 2 rings (SSSR count). The number of hydrogen-bond donors (Lipinski definition) is 2. The number of carbonyl (C=O) groups is 1. The molecule has 0 aliphatic carbocycles. The Morgan fingerprint density at radius 1 is 1.38 bits per heavy atom. The SMILES string of the molecule is COc1ccc(CNC(=O)c2cnn(C)c2N)c(OC)c1. The van der Waals surface area contributed by atoms with Gasteiger partial charge in [0, 0.05) is 25.2 Å². The Morgan fingerprint density at radius 3 is 2.71 bits per heavy atom. The highest BCUT2D eigenvalue weighted by molar-refractivity contribution is 5.98. The molecule has 0 saturated heterocycles. The Morgan fingerprint density at radius 2 is 2.14 bits per heavy atom. The van der Waals surface area contributed by atoms with Crippen molar-refractivity contribution < 1.29 is 14.3 Å².